The van der Waals surface area contributed by atoms with Gasteiger partial charge in [0.15, 0.2) is 0 Å². The molecule has 3 N–H and O–H groups in total. The number of benzene rings is 3. The molecule has 2 amide bonds. The van der Waals surface area contributed by atoms with Crippen molar-refractivity contribution in [2.45, 2.75) is 13.0 Å². The number of fused-ring (bicyclic) bond motifs is 1. The first-order chi connectivity index (χ1) is 12.4. The molecule has 132 valence electrons. The van der Waals surface area contributed by atoms with Crippen molar-refractivity contribution in [1.29, 1.82) is 0 Å². The van der Waals surface area contributed by atoms with Crippen LogP contribution < -0.4 is 5.73 Å². The fourth-order valence-corrected chi connectivity index (χ4v) is 2.85. The Balaban J connectivity index is 1.90. The second-order valence-corrected chi connectivity index (χ2v) is 6.45. The first-order valence-electron chi connectivity index (χ1n) is 7.98. The van der Waals surface area contributed by atoms with E-state index in [2.05, 4.69) is 0 Å². The molecular weight excluding hydrogens is 352 g/mol. The molecule has 0 saturated heterocycles. The Labute approximate surface area is 155 Å². The van der Waals surface area contributed by atoms with Crippen LogP contribution >= 0.6 is 11.6 Å². The maximum atomic E-state index is 12.6. The zero-order valence-corrected chi connectivity index (χ0v) is 14.8. The number of hydroxylamine groups is 2. The largest absolute Gasteiger partial charge is 0.366 e. The lowest BCUT2D eigenvalue weighted by Crippen LogP contribution is -2.30. The maximum Gasteiger partial charge on any atom is 0.277 e. The standard InChI is InChI=1S/C20H17ClN2O3/c1-12(13-6-8-18(21)9-7-13)23(26)20(25)16-5-3-14-2-4-15(19(22)24)10-17(14)11-16/h2-12,26H,1H3,(H2,22,24)/t12-/m1/s1. The molecule has 0 fully saturated rings. The molecule has 6 heteroatoms. The number of nitrogens with zero attached hydrogens (tertiary/aromatic N) is 1. The van der Waals surface area contributed by atoms with Gasteiger partial charge in [0.2, 0.25) is 5.91 Å². The van der Waals surface area contributed by atoms with Crippen LogP contribution in [0.15, 0.2) is 60.7 Å². The second-order valence-electron chi connectivity index (χ2n) is 6.02. The zero-order chi connectivity index (χ0) is 18.8. The summed E-state index contributed by atoms with van der Waals surface area (Å²) in [5, 5.41) is 13.2. The molecule has 1 atom stereocenters. The predicted molar refractivity (Wildman–Crippen MR) is 100 cm³/mol. The highest BCUT2D eigenvalue weighted by molar-refractivity contribution is 6.30. The Hall–Kier alpha value is -2.89. The average molecular weight is 369 g/mol. The summed E-state index contributed by atoms with van der Waals surface area (Å²) in [6.07, 6.45) is 0. The van der Waals surface area contributed by atoms with Crippen molar-refractivity contribution in [2.24, 2.45) is 5.73 Å². The molecule has 3 aromatic rings. The van der Waals surface area contributed by atoms with E-state index < -0.39 is 17.9 Å². The molecule has 3 aromatic carbocycles. The number of amides is 2. The third-order valence-electron chi connectivity index (χ3n) is 4.30. The average Bonchev–Trinajstić information content (AvgIpc) is 2.65. The van der Waals surface area contributed by atoms with E-state index in [4.69, 9.17) is 17.3 Å². The summed E-state index contributed by atoms with van der Waals surface area (Å²) >= 11 is 5.87. The number of halogens is 1. The molecule has 0 spiro atoms. The van der Waals surface area contributed by atoms with Gasteiger partial charge in [-0.2, -0.15) is 0 Å². The van der Waals surface area contributed by atoms with Gasteiger partial charge < -0.3 is 5.73 Å². The van der Waals surface area contributed by atoms with Crippen LogP contribution in [0.3, 0.4) is 0 Å². The fraction of sp³-hybridized carbons (Fsp3) is 0.100. The van der Waals surface area contributed by atoms with Gasteiger partial charge in [-0.1, -0.05) is 35.9 Å². The second kappa shape index (κ2) is 7.15. The highest BCUT2D eigenvalue weighted by Gasteiger charge is 2.21. The van der Waals surface area contributed by atoms with Gasteiger partial charge in [-0.05, 0) is 59.7 Å². The van der Waals surface area contributed by atoms with E-state index in [1.165, 1.54) is 0 Å². The minimum absolute atomic E-state index is 0.308. The molecule has 5 nitrogen and oxygen atoms in total. The van der Waals surface area contributed by atoms with Crippen LogP contribution in [0.2, 0.25) is 5.02 Å². The smallest absolute Gasteiger partial charge is 0.277 e. The Morgan fingerprint density at radius 3 is 2.15 bits per heavy atom. The summed E-state index contributed by atoms with van der Waals surface area (Å²) in [7, 11) is 0. The summed E-state index contributed by atoms with van der Waals surface area (Å²) < 4.78 is 0. The molecule has 0 aliphatic rings. The SMILES string of the molecule is C[C@H](c1ccc(Cl)cc1)N(O)C(=O)c1ccc2ccc(C(N)=O)cc2c1. The number of hydrogen-bond acceptors (Lipinski definition) is 3. The number of carbonyl (C=O) groups excluding carboxylic acids is 2. The van der Waals surface area contributed by atoms with Crippen molar-refractivity contribution >= 4 is 34.2 Å². The molecule has 3 rings (SSSR count). The summed E-state index contributed by atoms with van der Waals surface area (Å²) in [5.41, 5.74) is 6.72. The zero-order valence-electron chi connectivity index (χ0n) is 14.0. The molecule has 0 saturated carbocycles. The van der Waals surface area contributed by atoms with Gasteiger partial charge >= 0.3 is 0 Å². The Kier molecular flexibility index (Phi) is 4.93. The van der Waals surface area contributed by atoms with Crippen LogP contribution in [0.5, 0.6) is 0 Å². The van der Waals surface area contributed by atoms with Gasteiger partial charge in [0.25, 0.3) is 5.91 Å². The minimum Gasteiger partial charge on any atom is -0.366 e. The van der Waals surface area contributed by atoms with Gasteiger partial charge in [-0.15, -0.1) is 0 Å². The summed E-state index contributed by atoms with van der Waals surface area (Å²) in [4.78, 5) is 24.0. The molecule has 26 heavy (non-hydrogen) atoms. The topological polar surface area (TPSA) is 83.6 Å². The third-order valence-corrected chi connectivity index (χ3v) is 4.55. The van der Waals surface area contributed by atoms with Crippen molar-refractivity contribution in [3.63, 3.8) is 0 Å². The van der Waals surface area contributed by atoms with E-state index in [0.29, 0.717) is 26.6 Å². The molecule has 0 bridgehead atoms. The summed E-state index contributed by atoms with van der Waals surface area (Å²) in [6.45, 7) is 1.72. The number of rotatable bonds is 4. The molecule has 0 aliphatic heterocycles. The van der Waals surface area contributed by atoms with Crippen LogP contribution in [0.4, 0.5) is 0 Å². The van der Waals surface area contributed by atoms with Crippen LogP contribution in [-0.2, 0) is 0 Å². The lowest BCUT2D eigenvalue weighted by Gasteiger charge is -2.23. The molecule has 0 heterocycles. The van der Waals surface area contributed by atoms with Gasteiger partial charge in [0.1, 0.15) is 0 Å². The van der Waals surface area contributed by atoms with E-state index in [9.17, 15) is 14.8 Å². The van der Waals surface area contributed by atoms with Crippen molar-refractivity contribution < 1.29 is 14.8 Å². The molecule has 0 aliphatic carbocycles. The molecule has 0 aromatic heterocycles. The predicted octanol–water partition coefficient (Wildman–Crippen LogP) is 4.18. The number of nitrogens with two attached hydrogens (primary N) is 1. The molecule has 0 unspecified atom stereocenters. The Bertz CT molecular complexity index is 986. The maximum absolute atomic E-state index is 12.6. The monoisotopic (exact) mass is 368 g/mol. The highest BCUT2D eigenvalue weighted by Crippen LogP contribution is 2.24. The van der Waals surface area contributed by atoms with Gasteiger partial charge in [0, 0.05) is 16.1 Å². The summed E-state index contributed by atoms with van der Waals surface area (Å²) in [6, 6.07) is 16.4. The lowest BCUT2D eigenvalue weighted by molar-refractivity contribution is -0.0854. The third kappa shape index (κ3) is 3.54. The van der Waals surface area contributed by atoms with Crippen molar-refractivity contribution in [2.75, 3.05) is 0 Å². The number of primary amides is 1. The van der Waals surface area contributed by atoms with Crippen molar-refractivity contribution in [3.8, 4) is 0 Å². The highest BCUT2D eigenvalue weighted by atomic mass is 35.5. The Morgan fingerprint density at radius 2 is 1.54 bits per heavy atom. The lowest BCUT2D eigenvalue weighted by atomic mass is 10.0. The van der Waals surface area contributed by atoms with Gasteiger partial charge in [0.05, 0.1) is 6.04 Å². The summed E-state index contributed by atoms with van der Waals surface area (Å²) in [5.74, 6) is -1.08. The first kappa shape index (κ1) is 17.9. The molecular formula is C20H17ClN2O3. The number of hydrogen-bond donors (Lipinski definition) is 2. The normalized spacial score (nSPS) is 12.0. The fourth-order valence-electron chi connectivity index (χ4n) is 2.72. The van der Waals surface area contributed by atoms with Crippen LogP contribution in [0, 0.1) is 0 Å². The van der Waals surface area contributed by atoms with Crippen LogP contribution in [0.1, 0.15) is 39.2 Å². The minimum atomic E-state index is -0.549. The van der Waals surface area contributed by atoms with Crippen molar-refractivity contribution in [3.05, 3.63) is 82.4 Å². The first-order valence-corrected chi connectivity index (χ1v) is 8.36. The van der Waals surface area contributed by atoms with Gasteiger partial charge in [-0.3, -0.25) is 14.8 Å². The van der Waals surface area contributed by atoms with E-state index in [1.807, 2.05) is 0 Å². The van der Waals surface area contributed by atoms with E-state index >= 15 is 0 Å². The molecule has 0 radical (unpaired) electrons. The van der Waals surface area contributed by atoms with Crippen LogP contribution in [-0.4, -0.2) is 22.1 Å². The van der Waals surface area contributed by atoms with E-state index in [0.717, 1.165) is 10.9 Å². The van der Waals surface area contributed by atoms with Crippen LogP contribution in [0.25, 0.3) is 10.8 Å². The number of carbonyl (C=O) groups is 2. The Morgan fingerprint density at radius 1 is 0.962 bits per heavy atom. The quantitative estimate of drug-likeness (QED) is 0.535. The van der Waals surface area contributed by atoms with Crippen molar-refractivity contribution in [1.82, 2.24) is 5.06 Å². The van der Waals surface area contributed by atoms with E-state index in [-0.39, 0.29) is 0 Å². The van der Waals surface area contributed by atoms with E-state index in [1.54, 1.807) is 67.6 Å². The van der Waals surface area contributed by atoms with Gasteiger partial charge in [-0.25, -0.2) is 5.06 Å².